The summed E-state index contributed by atoms with van der Waals surface area (Å²) < 4.78 is 10.2. The summed E-state index contributed by atoms with van der Waals surface area (Å²) in [4.78, 5) is 11.7. The summed E-state index contributed by atoms with van der Waals surface area (Å²) in [6.07, 6.45) is 0. The van der Waals surface area contributed by atoms with Crippen LogP contribution in [0, 0.1) is 0 Å². The van der Waals surface area contributed by atoms with Crippen LogP contribution in [-0.4, -0.2) is 14.5 Å². The Hall–Kier alpha value is -6.82. The summed E-state index contributed by atoms with van der Waals surface area (Å²) >= 11 is 1.83. The van der Waals surface area contributed by atoms with Gasteiger partial charge in [-0.25, -0.2) is 9.97 Å². The number of furan rings is 1. The number of thiophene rings is 1. The molecule has 4 aromatic heterocycles. The number of hydrogen-bond acceptors (Lipinski definition) is 4. The normalized spacial score (nSPS) is 11.8. The van der Waals surface area contributed by atoms with Crippen LogP contribution in [0.4, 0.5) is 0 Å². The molecule has 4 nitrogen and oxygen atoms in total. The molecule has 0 aliphatic rings. The molecule has 11 rings (SSSR count). The van der Waals surface area contributed by atoms with Crippen molar-refractivity contribution in [3.8, 4) is 49.9 Å². The van der Waals surface area contributed by atoms with E-state index in [0.29, 0.717) is 0 Å². The second-order valence-corrected chi connectivity index (χ2v) is 14.3. The fourth-order valence-electron chi connectivity index (χ4n) is 7.82. The van der Waals surface area contributed by atoms with Gasteiger partial charge in [0, 0.05) is 59.1 Å². The molecule has 0 fully saturated rings. The maximum absolute atomic E-state index is 6.71. The third-order valence-corrected chi connectivity index (χ3v) is 11.5. The van der Waals surface area contributed by atoms with Crippen LogP contribution in [0.15, 0.2) is 180 Å². The fourth-order valence-corrected chi connectivity index (χ4v) is 9.18. The molecule has 0 unspecified atom stereocenters. The number of fused-ring (bicyclic) bond motifs is 7. The van der Waals surface area contributed by atoms with Crippen molar-refractivity contribution in [1.29, 1.82) is 0 Å². The van der Waals surface area contributed by atoms with Crippen LogP contribution < -0.4 is 0 Å². The third-order valence-electron chi connectivity index (χ3n) is 10.2. The predicted octanol–water partition coefficient (Wildman–Crippen LogP) is 13.4. The number of hydrogen-bond donors (Lipinski definition) is 0. The predicted molar refractivity (Wildman–Crippen MR) is 221 cm³/mol. The first-order chi connectivity index (χ1) is 26.3. The Morgan fingerprint density at radius 2 is 1.15 bits per heavy atom. The summed E-state index contributed by atoms with van der Waals surface area (Å²) in [6.45, 7) is 0. The molecule has 0 bridgehead atoms. The zero-order chi connectivity index (χ0) is 34.9. The van der Waals surface area contributed by atoms with Crippen molar-refractivity contribution in [2.45, 2.75) is 0 Å². The van der Waals surface area contributed by atoms with Crippen LogP contribution in [0.2, 0.25) is 0 Å². The lowest BCUT2D eigenvalue weighted by Gasteiger charge is -2.12. The molecule has 0 saturated carbocycles. The van der Waals surface area contributed by atoms with Gasteiger partial charge in [0.1, 0.15) is 17.0 Å². The molecule has 0 saturated heterocycles. The smallest absolute Gasteiger partial charge is 0.145 e. The molecule has 0 amide bonds. The summed E-state index contributed by atoms with van der Waals surface area (Å²) in [5.41, 5.74) is 12.3. The molecular formula is C48H29N3OS. The first kappa shape index (κ1) is 29.9. The maximum Gasteiger partial charge on any atom is 0.145 e. The van der Waals surface area contributed by atoms with Crippen molar-refractivity contribution < 1.29 is 4.42 Å². The lowest BCUT2D eigenvalue weighted by Crippen LogP contribution is -1.97. The van der Waals surface area contributed by atoms with Gasteiger partial charge in [0.05, 0.1) is 22.2 Å². The molecule has 0 N–H and O–H groups in total. The largest absolute Gasteiger partial charge is 0.455 e. The maximum atomic E-state index is 6.71. The van der Waals surface area contributed by atoms with Gasteiger partial charge in [-0.05, 0) is 42.0 Å². The van der Waals surface area contributed by atoms with Crippen molar-refractivity contribution in [3.63, 3.8) is 0 Å². The fraction of sp³-hybridized carbons (Fsp3) is 0. The van der Waals surface area contributed by atoms with E-state index in [1.165, 1.54) is 9.58 Å². The van der Waals surface area contributed by atoms with E-state index < -0.39 is 0 Å². The van der Waals surface area contributed by atoms with Crippen LogP contribution in [0.5, 0.6) is 0 Å². The molecule has 53 heavy (non-hydrogen) atoms. The van der Waals surface area contributed by atoms with Crippen LogP contribution in [0.25, 0.3) is 104 Å². The number of imidazole rings is 1. The van der Waals surface area contributed by atoms with Gasteiger partial charge >= 0.3 is 0 Å². The Morgan fingerprint density at radius 3 is 1.98 bits per heavy atom. The van der Waals surface area contributed by atoms with E-state index in [1.54, 1.807) is 0 Å². The lowest BCUT2D eigenvalue weighted by molar-refractivity contribution is 0.670. The van der Waals surface area contributed by atoms with Crippen molar-refractivity contribution in [1.82, 2.24) is 14.5 Å². The molecule has 0 atom stereocenters. The molecule has 4 heterocycles. The Morgan fingerprint density at radius 1 is 0.491 bits per heavy atom. The monoisotopic (exact) mass is 695 g/mol. The Bertz CT molecular complexity index is 3160. The number of nitrogens with zero attached hydrogens (tertiary/aromatic N) is 3. The van der Waals surface area contributed by atoms with E-state index in [9.17, 15) is 0 Å². The van der Waals surface area contributed by atoms with E-state index in [0.717, 1.165) is 94.3 Å². The van der Waals surface area contributed by atoms with Crippen LogP contribution in [-0.2, 0) is 0 Å². The van der Waals surface area contributed by atoms with E-state index in [2.05, 4.69) is 162 Å². The van der Waals surface area contributed by atoms with E-state index in [-0.39, 0.29) is 0 Å². The van der Waals surface area contributed by atoms with Gasteiger partial charge in [-0.15, -0.1) is 11.3 Å². The molecule has 7 aromatic carbocycles. The first-order valence-electron chi connectivity index (χ1n) is 17.8. The first-order valence-corrected chi connectivity index (χ1v) is 18.6. The van der Waals surface area contributed by atoms with Crippen molar-refractivity contribution >= 4 is 65.3 Å². The van der Waals surface area contributed by atoms with Crippen LogP contribution in [0.1, 0.15) is 0 Å². The van der Waals surface area contributed by atoms with Gasteiger partial charge in [0.15, 0.2) is 0 Å². The highest BCUT2D eigenvalue weighted by molar-refractivity contribution is 7.24. The molecule has 248 valence electrons. The van der Waals surface area contributed by atoms with E-state index >= 15 is 0 Å². The van der Waals surface area contributed by atoms with Crippen LogP contribution in [0.3, 0.4) is 0 Å². The standard InChI is InChI=1S/C48H29N3OS/c1-3-14-30(15-4-1)44-43-42(37-21-13-20-35-34-18-8-12-25-41(34)52-45(35)37)46(53-47(43)36-19-7-9-22-38(36)49-44)31-26-28-32(29-27-31)48-50-39-23-10-11-24-40(39)51(48)33-16-5-2-6-17-33/h1-29H. The van der Waals surface area contributed by atoms with Crippen LogP contribution >= 0.6 is 11.3 Å². The van der Waals surface area contributed by atoms with Gasteiger partial charge in [0.2, 0.25) is 0 Å². The van der Waals surface area contributed by atoms with Crippen molar-refractivity contribution in [2.75, 3.05) is 0 Å². The highest BCUT2D eigenvalue weighted by Gasteiger charge is 2.25. The van der Waals surface area contributed by atoms with Crippen molar-refractivity contribution in [3.05, 3.63) is 176 Å². The minimum atomic E-state index is 0.883. The zero-order valence-electron chi connectivity index (χ0n) is 28.4. The second-order valence-electron chi connectivity index (χ2n) is 13.3. The number of pyridine rings is 1. The number of aromatic nitrogens is 3. The number of benzene rings is 7. The van der Waals surface area contributed by atoms with E-state index in [1.807, 2.05) is 29.5 Å². The number of para-hydroxylation sites is 6. The molecule has 11 aromatic rings. The average Bonchev–Trinajstić information content (AvgIpc) is 3.94. The lowest BCUT2D eigenvalue weighted by atomic mass is 9.93. The van der Waals surface area contributed by atoms with Crippen molar-refractivity contribution in [2.24, 2.45) is 0 Å². The van der Waals surface area contributed by atoms with E-state index in [4.69, 9.17) is 14.4 Å². The zero-order valence-corrected chi connectivity index (χ0v) is 29.2. The SMILES string of the molecule is c1ccc(-c2nc3ccccc3c3sc(-c4ccc(-c5nc6ccccc6n5-c5ccccc5)cc4)c(-c4cccc5c4oc4ccccc45)c23)cc1. The topological polar surface area (TPSA) is 43.9 Å². The average molecular weight is 696 g/mol. The third kappa shape index (κ3) is 4.68. The van der Waals surface area contributed by atoms with Gasteiger partial charge in [-0.1, -0.05) is 140 Å². The Balaban J connectivity index is 1.20. The second kappa shape index (κ2) is 11.9. The van der Waals surface area contributed by atoms with Gasteiger partial charge in [0.25, 0.3) is 0 Å². The van der Waals surface area contributed by atoms with Gasteiger partial charge < -0.3 is 4.42 Å². The molecule has 5 heteroatoms. The quantitative estimate of drug-likeness (QED) is 0.180. The summed E-state index contributed by atoms with van der Waals surface area (Å²) in [5.74, 6) is 0.911. The van der Waals surface area contributed by atoms with Gasteiger partial charge in [-0.3, -0.25) is 4.57 Å². The molecule has 0 radical (unpaired) electrons. The molecule has 0 aliphatic heterocycles. The summed E-state index contributed by atoms with van der Waals surface area (Å²) in [7, 11) is 0. The number of rotatable bonds is 5. The Labute approximate surface area is 308 Å². The highest BCUT2D eigenvalue weighted by Crippen LogP contribution is 2.52. The molecular weight excluding hydrogens is 667 g/mol. The highest BCUT2D eigenvalue weighted by atomic mass is 32.1. The Kier molecular flexibility index (Phi) is 6.69. The molecule has 0 aliphatic carbocycles. The van der Waals surface area contributed by atoms with Gasteiger partial charge in [-0.2, -0.15) is 0 Å². The minimum absolute atomic E-state index is 0.883. The summed E-state index contributed by atoms with van der Waals surface area (Å²) in [6, 6.07) is 61.6. The molecule has 0 spiro atoms. The summed E-state index contributed by atoms with van der Waals surface area (Å²) in [5, 5.41) is 4.50. The minimum Gasteiger partial charge on any atom is -0.455 e.